The Bertz CT molecular complexity index is 424. The molecular formula is C20H34NO2+. The predicted octanol–water partition coefficient (Wildman–Crippen LogP) is 4.66. The number of benzene rings is 1. The van der Waals surface area contributed by atoms with Gasteiger partial charge in [0.25, 0.3) is 0 Å². The molecule has 1 heterocycles. The van der Waals surface area contributed by atoms with Crippen LogP contribution < -0.4 is 9.47 Å². The SMILES string of the molecule is CCCCOc1ccc(OCCC[N+]2(CC)CCCCC2)cc1. The number of hydrogen-bond donors (Lipinski definition) is 0. The van der Waals surface area contributed by atoms with Gasteiger partial charge in [-0.2, -0.15) is 0 Å². The molecule has 3 heteroatoms. The molecule has 1 aromatic carbocycles. The molecule has 0 bridgehead atoms. The van der Waals surface area contributed by atoms with Crippen LogP contribution in [0, 0.1) is 0 Å². The Morgan fingerprint density at radius 2 is 1.39 bits per heavy atom. The van der Waals surface area contributed by atoms with Crippen LogP contribution in [0.1, 0.15) is 52.4 Å². The number of nitrogens with zero attached hydrogens (tertiary/aromatic N) is 1. The molecule has 2 rings (SSSR count). The summed E-state index contributed by atoms with van der Waals surface area (Å²) in [4.78, 5) is 0. The van der Waals surface area contributed by atoms with Gasteiger partial charge in [-0.3, -0.25) is 0 Å². The maximum Gasteiger partial charge on any atom is 0.119 e. The average Bonchev–Trinajstić information content (AvgIpc) is 2.61. The van der Waals surface area contributed by atoms with Crippen LogP contribution in [0.15, 0.2) is 24.3 Å². The number of likely N-dealkylation sites (tertiary alicyclic amines) is 1. The van der Waals surface area contributed by atoms with Crippen molar-refractivity contribution in [2.24, 2.45) is 0 Å². The van der Waals surface area contributed by atoms with Crippen molar-refractivity contribution in [2.45, 2.75) is 52.4 Å². The minimum Gasteiger partial charge on any atom is -0.494 e. The topological polar surface area (TPSA) is 18.5 Å². The lowest BCUT2D eigenvalue weighted by atomic mass is 10.1. The van der Waals surface area contributed by atoms with Crippen molar-refractivity contribution in [3.63, 3.8) is 0 Å². The maximum atomic E-state index is 5.90. The van der Waals surface area contributed by atoms with Gasteiger partial charge in [0.2, 0.25) is 0 Å². The summed E-state index contributed by atoms with van der Waals surface area (Å²) in [5.41, 5.74) is 0. The molecule has 1 aliphatic heterocycles. The summed E-state index contributed by atoms with van der Waals surface area (Å²) < 4.78 is 12.9. The highest BCUT2D eigenvalue weighted by Gasteiger charge is 2.27. The highest BCUT2D eigenvalue weighted by molar-refractivity contribution is 5.31. The zero-order valence-corrected chi connectivity index (χ0v) is 15.1. The van der Waals surface area contributed by atoms with Crippen molar-refractivity contribution in [2.75, 3.05) is 39.4 Å². The standard InChI is InChI=1S/C20H34NO2/c1-3-5-17-22-19-10-12-20(13-11-19)23-18-9-16-21(4-2)14-7-6-8-15-21/h10-13H,3-9,14-18H2,1-2H3/q+1. The minimum absolute atomic E-state index is 0.799. The smallest absolute Gasteiger partial charge is 0.119 e. The lowest BCUT2D eigenvalue weighted by Gasteiger charge is -2.40. The molecule has 0 spiro atoms. The van der Waals surface area contributed by atoms with E-state index >= 15 is 0 Å². The quantitative estimate of drug-likeness (QED) is 0.461. The van der Waals surface area contributed by atoms with Gasteiger partial charge in [0.05, 0.1) is 39.4 Å². The van der Waals surface area contributed by atoms with Crippen LogP contribution in [0.4, 0.5) is 0 Å². The van der Waals surface area contributed by atoms with Gasteiger partial charge in [0, 0.05) is 6.42 Å². The Balaban J connectivity index is 1.67. The van der Waals surface area contributed by atoms with E-state index in [9.17, 15) is 0 Å². The van der Waals surface area contributed by atoms with E-state index in [1.165, 1.54) is 56.3 Å². The molecule has 23 heavy (non-hydrogen) atoms. The van der Waals surface area contributed by atoms with Crippen molar-refractivity contribution in [3.05, 3.63) is 24.3 Å². The van der Waals surface area contributed by atoms with Gasteiger partial charge in [-0.25, -0.2) is 0 Å². The molecule has 0 saturated carbocycles. The first-order valence-corrected chi connectivity index (χ1v) is 9.49. The highest BCUT2D eigenvalue weighted by atomic mass is 16.5. The lowest BCUT2D eigenvalue weighted by Crippen LogP contribution is -2.52. The second-order valence-corrected chi connectivity index (χ2v) is 6.76. The summed E-state index contributed by atoms with van der Waals surface area (Å²) >= 11 is 0. The van der Waals surface area contributed by atoms with Crippen LogP contribution in [0.25, 0.3) is 0 Å². The van der Waals surface area contributed by atoms with Crippen molar-refractivity contribution in [1.29, 1.82) is 0 Å². The van der Waals surface area contributed by atoms with E-state index in [1.807, 2.05) is 24.3 Å². The number of quaternary nitrogens is 1. The van der Waals surface area contributed by atoms with E-state index in [0.717, 1.165) is 37.6 Å². The maximum absolute atomic E-state index is 5.90. The normalized spacial score (nSPS) is 17.0. The molecule has 1 aliphatic rings. The van der Waals surface area contributed by atoms with E-state index in [1.54, 1.807) is 0 Å². The van der Waals surface area contributed by atoms with Crippen molar-refractivity contribution < 1.29 is 14.0 Å². The zero-order valence-electron chi connectivity index (χ0n) is 15.1. The molecule has 0 aromatic heterocycles. The van der Waals surface area contributed by atoms with Gasteiger partial charge in [0.15, 0.2) is 0 Å². The third-order valence-corrected chi connectivity index (χ3v) is 5.07. The molecule has 130 valence electrons. The second-order valence-electron chi connectivity index (χ2n) is 6.76. The molecule has 1 fully saturated rings. The minimum atomic E-state index is 0.799. The van der Waals surface area contributed by atoms with E-state index in [0.29, 0.717) is 0 Å². The number of piperidine rings is 1. The second kappa shape index (κ2) is 9.82. The van der Waals surface area contributed by atoms with Crippen molar-refractivity contribution in [1.82, 2.24) is 0 Å². The Hall–Kier alpha value is -1.22. The number of hydrogen-bond acceptors (Lipinski definition) is 2. The fourth-order valence-electron chi connectivity index (χ4n) is 3.44. The molecule has 0 atom stereocenters. The van der Waals surface area contributed by atoms with E-state index in [-0.39, 0.29) is 0 Å². The molecule has 0 unspecified atom stereocenters. The Labute approximate surface area is 142 Å². The van der Waals surface area contributed by atoms with E-state index in [4.69, 9.17) is 9.47 Å². The fraction of sp³-hybridized carbons (Fsp3) is 0.700. The molecular weight excluding hydrogens is 286 g/mol. The third-order valence-electron chi connectivity index (χ3n) is 5.07. The van der Waals surface area contributed by atoms with Gasteiger partial charge in [-0.1, -0.05) is 13.3 Å². The average molecular weight is 320 g/mol. The summed E-state index contributed by atoms with van der Waals surface area (Å²) in [7, 11) is 0. The monoisotopic (exact) mass is 320 g/mol. The molecule has 1 aromatic rings. The van der Waals surface area contributed by atoms with Gasteiger partial charge in [0.1, 0.15) is 11.5 Å². The van der Waals surface area contributed by atoms with Crippen LogP contribution in [0.2, 0.25) is 0 Å². The summed E-state index contributed by atoms with van der Waals surface area (Å²) in [6.07, 6.45) is 7.63. The Kier molecular flexibility index (Phi) is 7.73. The van der Waals surface area contributed by atoms with Crippen molar-refractivity contribution in [3.8, 4) is 11.5 Å². The number of unbranched alkanes of at least 4 members (excludes halogenated alkanes) is 1. The van der Waals surface area contributed by atoms with Gasteiger partial charge in [-0.15, -0.1) is 0 Å². The lowest BCUT2D eigenvalue weighted by molar-refractivity contribution is -0.931. The van der Waals surface area contributed by atoms with Crippen LogP contribution in [0.3, 0.4) is 0 Å². The van der Waals surface area contributed by atoms with Crippen LogP contribution >= 0.6 is 0 Å². The summed E-state index contributed by atoms with van der Waals surface area (Å²) in [5.74, 6) is 1.89. The van der Waals surface area contributed by atoms with E-state index < -0.39 is 0 Å². The van der Waals surface area contributed by atoms with Crippen LogP contribution in [-0.4, -0.2) is 43.9 Å². The van der Waals surface area contributed by atoms with Gasteiger partial charge < -0.3 is 14.0 Å². The molecule has 0 aliphatic carbocycles. The highest BCUT2D eigenvalue weighted by Crippen LogP contribution is 2.20. The van der Waals surface area contributed by atoms with Crippen LogP contribution in [0.5, 0.6) is 11.5 Å². The first-order chi connectivity index (χ1) is 11.3. The van der Waals surface area contributed by atoms with Crippen molar-refractivity contribution >= 4 is 0 Å². The van der Waals surface area contributed by atoms with Gasteiger partial charge in [-0.05, 0) is 56.9 Å². The molecule has 0 N–H and O–H groups in total. The zero-order chi connectivity index (χ0) is 16.4. The summed E-state index contributed by atoms with van der Waals surface area (Å²) in [6.45, 7) is 11.4. The Morgan fingerprint density at radius 1 is 0.826 bits per heavy atom. The third kappa shape index (κ3) is 6.06. The number of ether oxygens (including phenoxy) is 2. The first kappa shape index (κ1) is 18.1. The van der Waals surface area contributed by atoms with E-state index in [2.05, 4.69) is 13.8 Å². The summed E-state index contributed by atoms with van der Waals surface area (Å²) in [5, 5.41) is 0. The molecule has 0 radical (unpaired) electrons. The van der Waals surface area contributed by atoms with Crippen LogP contribution in [-0.2, 0) is 0 Å². The Morgan fingerprint density at radius 3 is 1.91 bits per heavy atom. The number of rotatable bonds is 10. The van der Waals surface area contributed by atoms with Gasteiger partial charge >= 0.3 is 0 Å². The fourth-order valence-corrected chi connectivity index (χ4v) is 3.44. The summed E-state index contributed by atoms with van der Waals surface area (Å²) in [6, 6.07) is 8.06. The molecule has 3 nitrogen and oxygen atoms in total. The molecule has 1 saturated heterocycles. The predicted molar refractivity (Wildman–Crippen MR) is 96.2 cm³/mol. The first-order valence-electron chi connectivity index (χ1n) is 9.49. The molecule has 0 amide bonds. The largest absolute Gasteiger partial charge is 0.494 e.